The molecule has 2 aromatic heterocycles. The molecule has 0 aromatic carbocycles. The van der Waals surface area contributed by atoms with Crippen LogP contribution in [0.1, 0.15) is 30.2 Å². The summed E-state index contributed by atoms with van der Waals surface area (Å²) >= 11 is 0. The average molecular weight is 246 g/mol. The second-order valence-electron chi connectivity index (χ2n) is 4.17. The van der Waals surface area contributed by atoms with Crippen LogP contribution in [-0.4, -0.2) is 19.5 Å². The summed E-state index contributed by atoms with van der Waals surface area (Å²) in [4.78, 5) is 12.9. The lowest BCUT2D eigenvalue weighted by molar-refractivity contribution is 0.498. The summed E-state index contributed by atoms with van der Waals surface area (Å²) in [6.07, 6.45) is 8.00. The largest absolute Gasteiger partial charge is 0.335 e. The Morgan fingerprint density at radius 2 is 2.06 bits per heavy atom. The first kappa shape index (κ1) is 12.7. The summed E-state index contributed by atoms with van der Waals surface area (Å²) in [7, 11) is 0. The van der Waals surface area contributed by atoms with Crippen LogP contribution in [0.15, 0.2) is 24.8 Å². The van der Waals surface area contributed by atoms with Gasteiger partial charge in [0.15, 0.2) is 0 Å². The summed E-state index contributed by atoms with van der Waals surface area (Å²) in [6.45, 7) is 4.93. The van der Waals surface area contributed by atoms with Gasteiger partial charge in [-0.25, -0.2) is 20.4 Å². The Morgan fingerprint density at radius 1 is 1.33 bits per heavy atom. The van der Waals surface area contributed by atoms with Crippen LogP contribution < -0.4 is 11.3 Å². The first-order valence-corrected chi connectivity index (χ1v) is 5.99. The third kappa shape index (κ3) is 2.72. The molecule has 0 spiro atoms. The minimum absolute atomic E-state index is 0.127. The number of imidazole rings is 1. The zero-order valence-corrected chi connectivity index (χ0v) is 10.7. The third-order valence-corrected chi connectivity index (χ3v) is 2.84. The Kier molecular flexibility index (Phi) is 4.01. The van der Waals surface area contributed by atoms with Crippen LogP contribution in [0, 0.1) is 6.92 Å². The maximum absolute atomic E-state index is 5.58. The summed E-state index contributed by atoms with van der Waals surface area (Å²) in [6, 6.07) is -0.127. The van der Waals surface area contributed by atoms with E-state index in [-0.39, 0.29) is 6.04 Å². The van der Waals surface area contributed by atoms with Crippen LogP contribution in [0.4, 0.5) is 0 Å². The van der Waals surface area contributed by atoms with Gasteiger partial charge in [-0.05, 0) is 19.4 Å². The molecule has 0 aliphatic rings. The quantitative estimate of drug-likeness (QED) is 0.601. The highest BCUT2D eigenvalue weighted by molar-refractivity contribution is 5.07. The molecule has 96 valence electrons. The fraction of sp³-hybridized carbons (Fsp3) is 0.417. The maximum Gasteiger partial charge on any atom is 0.146 e. The monoisotopic (exact) mass is 246 g/mol. The Morgan fingerprint density at radius 3 is 2.67 bits per heavy atom. The van der Waals surface area contributed by atoms with Crippen LogP contribution in [0.3, 0.4) is 0 Å². The molecule has 0 fully saturated rings. The van der Waals surface area contributed by atoms with Crippen LogP contribution in [0.2, 0.25) is 0 Å². The van der Waals surface area contributed by atoms with Crippen molar-refractivity contribution in [3.8, 4) is 0 Å². The second kappa shape index (κ2) is 5.70. The second-order valence-corrected chi connectivity index (χ2v) is 4.17. The Hall–Kier alpha value is -1.79. The molecule has 2 aromatic rings. The fourth-order valence-corrected chi connectivity index (χ4v) is 1.81. The minimum atomic E-state index is -0.127. The van der Waals surface area contributed by atoms with Crippen LogP contribution >= 0.6 is 0 Å². The molecule has 6 nitrogen and oxygen atoms in total. The van der Waals surface area contributed by atoms with Gasteiger partial charge in [0.2, 0.25) is 0 Å². The summed E-state index contributed by atoms with van der Waals surface area (Å²) in [5.41, 5.74) is 3.78. The predicted molar refractivity (Wildman–Crippen MR) is 68.4 cm³/mol. The van der Waals surface area contributed by atoms with E-state index in [1.54, 1.807) is 18.6 Å². The lowest BCUT2D eigenvalue weighted by Gasteiger charge is -2.14. The highest BCUT2D eigenvalue weighted by Crippen LogP contribution is 2.13. The molecule has 0 saturated carbocycles. The number of hydrogen-bond acceptors (Lipinski definition) is 5. The van der Waals surface area contributed by atoms with Crippen molar-refractivity contribution >= 4 is 0 Å². The summed E-state index contributed by atoms with van der Waals surface area (Å²) < 4.78 is 2.08. The van der Waals surface area contributed by atoms with Gasteiger partial charge in [0.05, 0.1) is 6.04 Å². The van der Waals surface area contributed by atoms with Gasteiger partial charge in [0, 0.05) is 37.8 Å². The van der Waals surface area contributed by atoms with Crippen molar-refractivity contribution in [1.82, 2.24) is 24.9 Å². The molecule has 6 heteroatoms. The van der Waals surface area contributed by atoms with Crippen molar-refractivity contribution in [3.05, 3.63) is 42.0 Å². The van der Waals surface area contributed by atoms with E-state index in [1.807, 2.05) is 13.1 Å². The van der Waals surface area contributed by atoms with E-state index in [0.29, 0.717) is 12.2 Å². The number of rotatable bonds is 5. The molecule has 0 bridgehead atoms. The number of aryl methyl sites for hydroxylation is 2. The zero-order valence-electron chi connectivity index (χ0n) is 10.7. The molecule has 18 heavy (non-hydrogen) atoms. The van der Waals surface area contributed by atoms with E-state index < -0.39 is 0 Å². The number of nitrogens with two attached hydrogens (primary N) is 1. The Labute approximate surface area is 106 Å². The summed E-state index contributed by atoms with van der Waals surface area (Å²) in [5.74, 6) is 7.25. The normalized spacial score (nSPS) is 12.6. The van der Waals surface area contributed by atoms with E-state index in [1.165, 1.54) is 0 Å². The van der Waals surface area contributed by atoms with Crippen molar-refractivity contribution in [1.29, 1.82) is 0 Å². The number of aromatic nitrogens is 4. The number of nitrogens with zero attached hydrogens (tertiary/aromatic N) is 4. The molecule has 1 atom stereocenters. The average Bonchev–Trinajstić information content (AvgIpc) is 2.84. The third-order valence-electron chi connectivity index (χ3n) is 2.84. The van der Waals surface area contributed by atoms with Gasteiger partial charge in [-0.1, -0.05) is 0 Å². The Bertz CT molecular complexity index is 490. The van der Waals surface area contributed by atoms with Crippen molar-refractivity contribution in [3.63, 3.8) is 0 Å². The predicted octanol–water partition coefficient (Wildman–Crippen LogP) is 0.749. The van der Waals surface area contributed by atoms with Gasteiger partial charge in [-0.2, -0.15) is 0 Å². The molecule has 0 amide bonds. The molecule has 0 aliphatic heterocycles. The first-order chi connectivity index (χ1) is 8.74. The summed E-state index contributed by atoms with van der Waals surface area (Å²) in [5, 5.41) is 0. The van der Waals surface area contributed by atoms with Gasteiger partial charge in [0.1, 0.15) is 11.6 Å². The minimum Gasteiger partial charge on any atom is -0.335 e. The van der Waals surface area contributed by atoms with Gasteiger partial charge in [0.25, 0.3) is 0 Å². The zero-order chi connectivity index (χ0) is 13.0. The van der Waals surface area contributed by atoms with Crippen LogP contribution in [0.5, 0.6) is 0 Å². The molecule has 1 unspecified atom stereocenters. The number of nitrogens with one attached hydrogen (secondary N) is 1. The van der Waals surface area contributed by atoms with Crippen molar-refractivity contribution < 1.29 is 0 Å². The van der Waals surface area contributed by atoms with Crippen LogP contribution in [-0.2, 0) is 13.0 Å². The molecular weight excluding hydrogens is 228 g/mol. The van der Waals surface area contributed by atoms with Gasteiger partial charge >= 0.3 is 0 Å². The Balaban J connectivity index is 2.17. The highest BCUT2D eigenvalue weighted by Gasteiger charge is 2.16. The van der Waals surface area contributed by atoms with Gasteiger partial charge in [-0.15, -0.1) is 0 Å². The molecule has 2 rings (SSSR count). The smallest absolute Gasteiger partial charge is 0.146 e. The van der Waals surface area contributed by atoms with E-state index in [9.17, 15) is 0 Å². The van der Waals surface area contributed by atoms with Gasteiger partial charge < -0.3 is 4.57 Å². The molecule has 0 aliphatic carbocycles. The molecule has 3 N–H and O–H groups in total. The van der Waals surface area contributed by atoms with E-state index in [0.717, 1.165) is 17.9 Å². The SMILES string of the molecule is CCn1ccnc1CC(NN)c1ncc(C)cn1. The van der Waals surface area contributed by atoms with Crippen molar-refractivity contribution in [2.45, 2.75) is 32.9 Å². The lowest BCUT2D eigenvalue weighted by Crippen LogP contribution is -2.31. The van der Waals surface area contributed by atoms with Crippen molar-refractivity contribution in [2.75, 3.05) is 0 Å². The fourth-order valence-electron chi connectivity index (χ4n) is 1.81. The van der Waals surface area contributed by atoms with E-state index in [2.05, 4.69) is 31.9 Å². The topological polar surface area (TPSA) is 81.7 Å². The molecule has 0 saturated heterocycles. The highest BCUT2D eigenvalue weighted by atomic mass is 15.2. The molecular formula is C12H18N6. The maximum atomic E-state index is 5.58. The number of hydrazine groups is 1. The van der Waals surface area contributed by atoms with Crippen LogP contribution in [0.25, 0.3) is 0 Å². The lowest BCUT2D eigenvalue weighted by atomic mass is 10.2. The van der Waals surface area contributed by atoms with E-state index >= 15 is 0 Å². The first-order valence-electron chi connectivity index (χ1n) is 5.99. The van der Waals surface area contributed by atoms with Crippen molar-refractivity contribution in [2.24, 2.45) is 5.84 Å². The molecule has 0 radical (unpaired) electrons. The van der Waals surface area contributed by atoms with E-state index in [4.69, 9.17) is 5.84 Å². The molecule has 2 heterocycles. The standard InChI is InChI=1S/C12H18N6/c1-3-18-5-4-14-11(18)6-10(17-13)12-15-7-9(2)8-16-12/h4-5,7-8,10,17H,3,6,13H2,1-2H3. The van der Waals surface area contributed by atoms with Gasteiger partial charge in [-0.3, -0.25) is 5.84 Å². The number of hydrogen-bond donors (Lipinski definition) is 2.